The molecule has 24 heavy (non-hydrogen) atoms. The second-order valence-electron chi connectivity index (χ2n) is 5.16. The minimum atomic E-state index is 0.553. The largest absolute Gasteiger partial charge is 0.491 e. The molecule has 2 aromatic rings. The highest BCUT2D eigenvalue weighted by molar-refractivity contribution is 7.99. The zero-order valence-electron chi connectivity index (χ0n) is 14.2. The lowest BCUT2D eigenvalue weighted by atomic mass is 10.1. The molecular weight excluding hydrogens is 324 g/mol. The van der Waals surface area contributed by atoms with Crippen molar-refractivity contribution in [3.8, 4) is 5.75 Å². The number of fused-ring (bicyclic) bond motifs is 1. The molecule has 0 aromatic heterocycles. The maximum absolute atomic E-state index is 5.73. The maximum atomic E-state index is 5.73. The third kappa shape index (κ3) is 7.09. The van der Waals surface area contributed by atoms with Gasteiger partial charge in [0.05, 0.1) is 33.0 Å². The summed E-state index contributed by atoms with van der Waals surface area (Å²) < 4.78 is 21.0. The van der Waals surface area contributed by atoms with Crippen LogP contribution in [0.25, 0.3) is 10.8 Å². The molecule has 2 aromatic carbocycles. The molecule has 0 saturated carbocycles. The van der Waals surface area contributed by atoms with Crippen LogP contribution in [0.2, 0.25) is 0 Å². The van der Waals surface area contributed by atoms with E-state index in [-0.39, 0.29) is 0 Å². The van der Waals surface area contributed by atoms with Crippen LogP contribution in [-0.4, -0.2) is 58.3 Å². The summed E-state index contributed by atoms with van der Waals surface area (Å²) in [5.74, 6) is 3.29. The molecule has 132 valence electrons. The molecule has 1 heterocycles. The van der Waals surface area contributed by atoms with Gasteiger partial charge in [-0.1, -0.05) is 36.4 Å². The van der Waals surface area contributed by atoms with Crippen molar-refractivity contribution >= 4 is 22.5 Å². The van der Waals surface area contributed by atoms with Gasteiger partial charge in [0.15, 0.2) is 0 Å². The van der Waals surface area contributed by atoms with E-state index in [0.717, 1.165) is 24.3 Å². The Labute approximate surface area is 148 Å². The van der Waals surface area contributed by atoms with E-state index in [2.05, 4.69) is 18.2 Å². The van der Waals surface area contributed by atoms with E-state index in [9.17, 15) is 0 Å². The van der Waals surface area contributed by atoms with Gasteiger partial charge in [0.2, 0.25) is 0 Å². The Balaban J connectivity index is 0.000000292. The van der Waals surface area contributed by atoms with Crippen molar-refractivity contribution in [1.29, 1.82) is 0 Å². The standard InChI is InChI=1S/C15H18O3.C4H8OS/c1-16-9-10-17-11-12-18-15-8-4-6-13-5-2-3-7-14(13)15;1-3-6-4-2-5-1/h2-8H,9-12H2,1H3;1-4H2. The van der Waals surface area contributed by atoms with E-state index < -0.39 is 0 Å². The van der Waals surface area contributed by atoms with E-state index in [1.165, 1.54) is 16.9 Å². The van der Waals surface area contributed by atoms with Gasteiger partial charge in [-0.25, -0.2) is 0 Å². The quantitative estimate of drug-likeness (QED) is 0.713. The normalized spacial score (nSPS) is 14.0. The third-order valence-electron chi connectivity index (χ3n) is 3.41. The topological polar surface area (TPSA) is 36.9 Å². The number of ether oxygens (including phenoxy) is 4. The van der Waals surface area contributed by atoms with Crippen LogP contribution < -0.4 is 4.74 Å². The van der Waals surface area contributed by atoms with Crippen LogP contribution in [0.1, 0.15) is 0 Å². The van der Waals surface area contributed by atoms with Gasteiger partial charge in [-0.2, -0.15) is 11.8 Å². The Bertz CT molecular complexity index is 555. The van der Waals surface area contributed by atoms with E-state index >= 15 is 0 Å². The fraction of sp³-hybridized carbons (Fsp3) is 0.474. The first-order valence-corrected chi connectivity index (χ1v) is 9.40. The zero-order valence-corrected chi connectivity index (χ0v) is 15.1. The van der Waals surface area contributed by atoms with Crippen molar-refractivity contribution in [2.45, 2.75) is 0 Å². The predicted octanol–water partition coefficient (Wildman–Crippen LogP) is 3.63. The zero-order chi connectivity index (χ0) is 16.9. The van der Waals surface area contributed by atoms with E-state index in [0.29, 0.717) is 26.4 Å². The van der Waals surface area contributed by atoms with Crippen LogP contribution in [0.15, 0.2) is 42.5 Å². The SMILES string of the molecule is C1CSCCO1.COCCOCCOc1cccc2ccccc12. The molecule has 4 nitrogen and oxygen atoms in total. The molecule has 5 heteroatoms. The molecule has 0 amide bonds. The number of hydrogen-bond acceptors (Lipinski definition) is 5. The lowest BCUT2D eigenvalue weighted by Gasteiger charge is -2.09. The molecule has 1 aliphatic rings. The van der Waals surface area contributed by atoms with Gasteiger partial charge >= 0.3 is 0 Å². The summed E-state index contributed by atoms with van der Waals surface area (Å²) >= 11 is 1.97. The second-order valence-corrected chi connectivity index (χ2v) is 6.38. The monoisotopic (exact) mass is 350 g/mol. The number of methoxy groups -OCH3 is 1. The fourth-order valence-corrected chi connectivity index (χ4v) is 2.89. The molecule has 1 fully saturated rings. The Morgan fingerprint density at radius 3 is 2.38 bits per heavy atom. The van der Waals surface area contributed by atoms with Crippen molar-refractivity contribution < 1.29 is 18.9 Å². The average Bonchev–Trinajstić information content (AvgIpc) is 2.66. The number of benzene rings is 2. The van der Waals surface area contributed by atoms with Crippen molar-refractivity contribution in [3.05, 3.63) is 42.5 Å². The first-order chi connectivity index (χ1) is 11.9. The molecule has 1 saturated heterocycles. The Kier molecular flexibility index (Phi) is 9.64. The molecule has 0 radical (unpaired) electrons. The average molecular weight is 350 g/mol. The summed E-state index contributed by atoms with van der Waals surface area (Å²) in [5.41, 5.74) is 0. The van der Waals surface area contributed by atoms with Crippen LogP contribution in [0.4, 0.5) is 0 Å². The molecule has 1 aliphatic heterocycles. The minimum absolute atomic E-state index is 0.553. The molecule has 3 rings (SSSR count). The Hall–Kier alpha value is -1.27. The Morgan fingerprint density at radius 2 is 1.67 bits per heavy atom. The van der Waals surface area contributed by atoms with Crippen LogP contribution in [-0.2, 0) is 14.2 Å². The first kappa shape index (κ1) is 19.1. The predicted molar refractivity (Wildman–Crippen MR) is 100 cm³/mol. The van der Waals surface area contributed by atoms with Crippen molar-refractivity contribution in [2.24, 2.45) is 0 Å². The van der Waals surface area contributed by atoms with Crippen molar-refractivity contribution in [3.63, 3.8) is 0 Å². The number of thioether (sulfide) groups is 1. The van der Waals surface area contributed by atoms with Gasteiger partial charge < -0.3 is 18.9 Å². The number of hydrogen-bond donors (Lipinski definition) is 0. The van der Waals surface area contributed by atoms with Gasteiger partial charge in [0, 0.05) is 24.0 Å². The smallest absolute Gasteiger partial charge is 0.127 e. The van der Waals surface area contributed by atoms with Crippen LogP contribution in [0.5, 0.6) is 5.75 Å². The highest BCUT2D eigenvalue weighted by atomic mass is 32.2. The van der Waals surface area contributed by atoms with Crippen molar-refractivity contribution in [1.82, 2.24) is 0 Å². The fourth-order valence-electron chi connectivity index (χ4n) is 2.22. The number of rotatable bonds is 7. The summed E-state index contributed by atoms with van der Waals surface area (Å²) in [5, 5.41) is 2.33. The second kappa shape index (κ2) is 12.1. The molecule has 0 atom stereocenters. The van der Waals surface area contributed by atoms with Gasteiger partial charge in [-0.05, 0) is 11.5 Å². The van der Waals surface area contributed by atoms with E-state index in [1.807, 2.05) is 36.0 Å². The third-order valence-corrected chi connectivity index (χ3v) is 4.32. The summed E-state index contributed by atoms with van der Waals surface area (Å²) in [6, 6.07) is 14.3. The lowest BCUT2D eigenvalue weighted by molar-refractivity contribution is 0.0547. The maximum Gasteiger partial charge on any atom is 0.127 e. The minimum Gasteiger partial charge on any atom is -0.491 e. The van der Waals surface area contributed by atoms with Crippen LogP contribution >= 0.6 is 11.8 Å². The van der Waals surface area contributed by atoms with Crippen LogP contribution in [0.3, 0.4) is 0 Å². The van der Waals surface area contributed by atoms with Gasteiger partial charge in [-0.15, -0.1) is 0 Å². The van der Waals surface area contributed by atoms with Gasteiger partial charge in [-0.3, -0.25) is 0 Å². The van der Waals surface area contributed by atoms with E-state index in [4.69, 9.17) is 18.9 Å². The summed E-state index contributed by atoms with van der Waals surface area (Å²) in [4.78, 5) is 0. The van der Waals surface area contributed by atoms with Crippen molar-refractivity contribution in [2.75, 3.05) is 58.3 Å². The van der Waals surface area contributed by atoms with E-state index in [1.54, 1.807) is 7.11 Å². The van der Waals surface area contributed by atoms with Gasteiger partial charge in [0.1, 0.15) is 12.4 Å². The summed E-state index contributed by atoms with van der Waals surface area (Å²) in [6.07, 6.45) is 0. The highest BCUT2D eigenvalue weighted by Gasteiger charge is 2.00. The molecule has 0 unspecified atom stereocenters. The molecule has 0 spiro atoms. The van der Waals surface area contributed by atoms with Crippen LogP contribution in [0, 0.1) is 0 Å². The summed E-state index contributed by atoms with van der Waals surface area (Å²) in [7, 11) is 1.66. The first-order valence-electron chi connectivity index (χ1n) is 8.24. The molecular formula is C19H26O4S. The van der Waals surface area contributed by atoms with Gasteiger partial charge in [0.25, 0.3) is 0 Å². The molecule has 0 bridgehead atoms. The Morgan fingerprint density at radius 1 is 0.917 bits per heavy atom. The molecule has 0 N–H and O–H groups in total. The highest BCUT2D eigenvalue weighted by Crippen LogP contribution is 2.24. The molecule has 0 aliphatic carbocycles. The lowest BCUT2D eigenvalue weighted by Crippen LogP contribution is -2.10. The summed E-state index contributed by atoms with van der Waals surface area (Å²) in [6.45, 7) is 4.28.